The maximum absolute atomic E-state index is 12.4. The van der Waals surface area contributed by atoms with Crippen LogP contribution in [0.5, 0.6) is 5.75 Å². The topological polar surface area (TPSA) is 52.6 Å². The van der Waals surface area contributed by atoms with E-state index in [1.165, 1.54) is 0 Å². The van der Waals surface area contributed by atoms with Gasteiger partial charge in [0.1, 0.15) is 12.4 Å². The molecule has 0 aromatic heterocycles. The van der Waals surface area contributed by atoms with Gasteiger partial charge in [0.05, 0.1) is 12.7 Å². The number of benzene rings is 3. The lowest BCUT2D eigenvalue weighted by molar-refractivity contribution is 0.0470. The largest absolute Gasteiger partial charge is 0.496 e. The number of ketones is 1. The monoisotopic (exact) mass is 360 g/mol. The first-order valence-corrected chi connectivity index (χ1v) is 8.59. The highest BCUT2D eigenvalue weighted by Crippen LogP contribution is 2.21. The van der Waals surface area contributed by atoms with Crippen LogP contribution in [0.2, 0.25) is 0 Å². The number of rotatable bonds is 6. The minimum absolute atomic E-state index is 0.0833. The van der Waals surface area contributed by atoms with Crippen LogP contribution in [0.4, 0.5) is 0 Å². The minimum atomic E-state index is -0.447. The van der Waals surface area contributed by atoms with Gasteiger partial charge in [-0.2, -0.15) is 0 Å². The summed E-state index contributed by atoms with van der Waals surface area (Å²) in [6.45, 7) is 2.08. The predicted molar refractivity (Wildman–Crippen MR) is 103 cm³/mol. The molecule has 0 heterocycles. The van der Waals surface area contributed by atoms with Gasteiger partial charge in [0.15, 0.2) is 5.78 Å². The third-order valence-corrected chi connectivity index (χ3v) is 4.21. The molecule has 0 fully saturated rings. The normalized spacial score (nSPS) is 10.3. The molecule has 0 amide bonds. The number of aryl methyl sites for hydroxylation is 1. The van der Waals surface area contributed by atoms with E-state index in [1.54, 1.807) is 43.5 Å². The predicted octanol–water partition coefficient (Wildman–Crippen LogP) is 4.59. The number of hydrogen-bond donors (Lipinski definition) is 0. The summed E-state index contributed by atoms with van der Waals surface area (Å²) in [4.78, 5) is 24.7. The summed E-state index contributed by atoms with van der Waals surface area (Å²) in [5.74, 6) is 0.148. The van der Waals surface area contributed by atoms with E-state index >= 15 is 0 Å². The molecule has 0 N–H and O–H groups in total. The Bertz CT molecular complexity index is 944. The number of methoxy groups -OCH3 is 1. The zero-order chi connectivity index (χ0) is 19.2. The zero-order valence-corrected chi connectivity index (χ0v) is 15.3. The molecular weight excluding hydrogens is 340 g/mol. The lowest BCUT2D eigenvalue weighted by Gasteiger charge is -2.10. The van der Waals surface area contributed by atoms with Gasteiger partial charge in [-0.1, -0.05) is 54.1 Å². The standard InChI is InChI=1S/C23H20O4/c1-16-8-13-21(26-2)20(14-16)15-27-23(25)19-11-9-18(10-12-19)22(24)17-6-4-3-5-7-17/h3-14H,15H2,1-2H3. The van der Waals surface area contributed by atoms with E-state index in [0.29, 0.717) is 22.4 Å². The van der Waals surface area contributed by atoms with E-state index in [0.717, 1.165) is 11.1 Å². The molecule has 0 saturated carbocycles. The Morgan fingerprint density at radius 3 is 2.11 bits per heavy atom. The second kappa shape index (κ2) is 8.32. The Labute approximate surface area is 158 Å². The first kappa shape index (κ1) is 18.4. The highest BCUT2D eigenvalue weighted by Gasteiger charge is 2.13. The van der Waals surface area contributed by atoms with Crippen LogP contribution in [-0.2, 0) is 11.3 Å². The zero-order valence-electron chi connectivity index (χ0n) is 15.3. The summed E-state index contributed by atoms with van der Waals surface area (Å²) in [6.07, 6.45) is 0. The fourth-order valence-corrected chi connectivity index (χ4v) is 2.76. The van der Waals surface area contributed by atoms with Crippen LogP contribution in [0.3, 0.4) is 0 Å². The molecule has 0 radical (unpaired) electrons. The van der Waals surface area contributed by atoms with Crippen molar-refractivity contribution >= 4 is 11.8 Å². The summed E-state index contributed by atoms with van der Waals surface area (Å²) in [6, 6.07) is 21.2. The Balaban J connectivity index is 1.68. The van der Waals surface area contributed by atoms with Crippen molar-refractivity contribution in [2.75, 3.05) is 7.11 Å². The van der Waals surface area contributed by atoms with Crippen molar-refractivity contribution in [2.45, 2.75) is 13.5 Å². The maximum atomic E-state index is 12.4. The van der Waals surface area contributed by atoms with Crippen LogP contribution in [0, 0.1) is 6.92 Å². The number of esters is 1. The number of carbonyl (C=O) groups excluding carboxylic acids is 2. The van der Waals surface area contributed by atoms with Crippen molar-refractivity contribution in [3.8, 4) is 5.75 Å². The van der Waals surface area contributed by atoms with Crippen molar-refractivity contribution < 1.29 is 19.1 Å². The molecule has 0 saturated heterocycles. The highest BCUT2D eigenvalue weighted by atomic mass is 16.5. The van der Waals surface area contributed by atoms with Gasteiger partial charge in [-0.15, -0.1) is 0 Å². The molecule has 4 nitrogen and oxygen atoms in total. The molecule has 3 rings (SSSR count). The third-order valence-electron chi connectivity index (χ3n) is 4.21. The molecule has 3 aromatic rings. The molecule has 0 aliphatic heterocycles. The van der Waals surface area contributed by atoms with Crippen molar-refractivity contribution in [3.05, 3.63) is 101 Å². The van der Waals surface area contributed by atoms with Gasteiger partial charge in [-0.25, -0.2) is 4.79 Å². The second-order valence-electron chi connectivity index (χ2n) is 6.16. The quantitative estimate of drug-likeness (QED) is 0.476. The number of ether oxygens (including phenoxy) is 2. The van der Waals surface area contributed by atoms with E-state index in [-0.39, 0.29) is 12.4 Å². The van der Waals surface area contributed by atoms with Crippen molar-refractivity contribution in [1.29, 1.82) is 0 Å². The van der Waals surface area contributed by atoms with Gasteiger partial charge >= 0.3 is 5.97 Å². The third kappa shape index (κ3) is 4.42. The lowest BCUT2D eigenvalue weighted by atomic mass is 10.0. The smallest absolute Gasteiger partial charge is 0.338 e. The van der Waals surface area contributed by atoms with Crippen LogP contribution in [0.25, 0.3) is 0 Å². The average Bonchev–Trinajstić information content (AvgIpc) is 2.72. The van der Waals surface area contributed by atoms with E-state index in [4.69, 9.17) is 9.47 Å². The van der Waals surface area contributed by atoms with Crippen LogP contribution >= 0.6 is 0 Å². The van der Waals surface area contributed by atoms with Crippen molar-refractivity contribution in [3.63, 3.8) is 0 Å². The van der Waals surface area contributed by atoms with E-state index < -0.39 is 5.97 Å². The fraction of sp³-hybridized carbons (Fsp3) is 0.130. The maximum Gasteiger partial charge on any atom is 0.338 e. The lowest BCUT2D eigenvalue weighted by Crippen LogP contribution is -2.07. The van der Waals surface area contributed by atoms with Gasteiger partial charge in [-0.05, 0) is 31.2 Å². The van der Waals surface area contributed by atoms with Crippen molar-refractivity contribution in [1.82, 2.24) is 0 Å². The number of carbonyl (C=O) groups is 2. The summed E-state index contributed by atoms with van der Waals surface area (Å²) < 4.78 is 10.7. The fourth-order valence-electron chi connectivity index (χ4n) is 2.76. The molecule has 136 valence electrons. The summed E-state index contributed by atoms with van der Waals surface area (Å²) in [7, 11) is 1.58. The summed E-state index contributed by atoms with van der Waals surface area (Å²) in [5.41, 5.74) is 3.40. The van der Waals surface area contributed by atoms with Gasteiger partial charge in [0.25, 0.3) is 0 Å². The molecule has 0 aliphatic rings. The Hall–Kier alpha value is -3.40. The van der Waals surface area contributed by atoms with Gasteiger partial charge in [-0.3, -0.25) is 4.79 Å². The highest BCUT2D eigenvalue weighted by molar-refractivity contribution is 6.09. The molecular formula is C23H20O4. The molecule has 4 heteroatoms. The van der Waals surface area contributed by atoms with Crippen LogP contribution < -0.4 is 4.74 Å². The van der Waals surface area contributed by atoms with Crippen LogP contribution in [0.15, 0.2) is 72.8 Å². The SMILES string of the molecule is COc1ccc(C)cc1COC(=O)c1ccc(C(=O)c2ccccc2)cc1. The first-order valence-electron chi connectivity index (χ1n) is 8.59. The van der Waals surface area contributed by atoms with Crippen LogP contribution in [-0.4, -0.2) is 18.9 Å². The molecule has 3 aromatic carbocycles. The first-order chi connectivity index (χ1) is 13.1. The Morgan fingerprint density at radius 2 is 1.44 bits per heavy atom. The Kier molecular flexibility index (Phi) is 5.67. The molecule has 0 aliphatic carbocycles. The average molecular weight is 360 g/mol. The molecule has 0 atom stereocenters. The molecule has 0 spiro atoms. The number of hydrogen-bond acceptors (Lipinski definition) is 4. The van der Waals surface area contributed by atoms with E-state index in [1.807, 2.05) is 43.3 Å². The second-order valence-corrected chi connectivity index (χ2v) is 6.16. The van der Waals surface area contributed by atoms with Gasteiger partial charge in [0, 0.05) is 16.7 Å². The molecule has 0 unspecified atom stereocenters. The van der Waals surface area contributed by atoms with Gasteiger partial charge < -0.3 is 9.47 Å². The summed E-state index contributed by atoms with van der Waals surface area (Å²) >= 11 is 0. The summed E-state index contributed by atoms with van der Waals surface area (Å²) in [5, 5.41) is 0. The van der Waals surface area contributed by atoms with E-state index in [2.05, 4.69) is 0 Å². The molecule has 27 heavy (non-hydrogen) atoms. The van der Waals surface area contributed by atoms with Crippen LogP contribution in [0.1, 0.15) is 37.4 Å². The van der Waals surface area contributed by atoms with Gasteiger partial charge in [0.2, 0.25) is 0 Å². The van der Waals surface area contributed by atoms with E-state index in [9.17, 15) is 9.59 Å². The van der Waals surface area contributed by atoms with Crippen molar-refractivity contribution in [2.24, 2.45) is 0 Å². The minimum Gasteiger partial charge on any atom is -0.496 e. The Morgan fingerprint density at radius 1 is 0.815 bits per heavy atom. The molecule has 0 bridgehead atoms.